The molecule has 0 unspecified atom stereocenters. The maximum atomic E-state index is 11.9. The highest BCUT2D eigenvalue weighted by Crippen LogP contribution is 2.31. The lowest BCUT2D eigenvalue weighted by Crippen LogP contribution is -2.36. The van der Waals surface area contributed by atoms with Gasteiger partial charge in [-0.15, -0.1) is 0 Å². The molecule has 0 atom stereocenters. The number of fused-ring (bicyclic) bond motifs is 1. The number of nitrogens with one attached hydrogen (secondary N) is 1. The highest BCUT2D eigenvalue weighted by molar-refractivity contribution is 6.52. The van der Waals surface area contributed by atoms with Gasteiger partial charge in [0.15, 0.2) is 0 Å². The molecule has 1 saturated carbocycles. The predicted molar refractivity (Wildman–Crippen MR) is 70.8 cm³/mol. The highest BCUT2D eigenvalue weighted by Gasteiger charge is 2.36. The average Bonchev–Trinajstić information content (AvgIpc) is 3.22. The van der Waals surface area contributed by atoms with Crippen LogP contribution in [0.2, 0.25) is 0 Å². The number of rotatable bonds is 5. The third-order valence-electron chi connectivity index (χ3n) is 3.51. The molecule has 3 rings (SSSR count). The van der Waals surface area contributed by atoms with Gasteiger partial charge >= 0.3 is 0 Å². The van der Waals surface area contributed by atoms with Gasteiger partial charge in [0, 0.05) is 31.3 Å². The standard InChI is InChI=1S/C13H13N3O4/c17-12-10-7-9(16(19)20)3-4-11(10)15(13(12)18)6-5-14-8-1-2-8/h3-4,7-8,14H,1-2,5-6H2. The summed E-state index contributed by atoms with van der Waals surface area (Å²) < 4.78 is 0. The Morgan fingerprint density at radius 2 is 2.10 bits per heavy atom. The molecule has 104 valence electrons. The lowest BCUT2D eigenvalue weighted by Gasteiger charge is -2.16. The highest BCUT2D eigenvalue weighted by atomic mass is 16.6. The largest absolute Gasteiger partial charge is 0.312 e. The van der Waals surface area contributed by atoms with Crippen LogP contribution in [-0.2, 0) is 4.79 Å². The van der Waals surface area contributed by atoms with Crippen LogP contribution in [0.4, 0.5) is 11.4 Å². The van der Waals surface area contributed by atoms with E-state index in [-0.39, 0.29) is 11.3 Å². The normalized spacial score (nSPS) is 17.5. The number of nitro benzene ring substituents is 1. The Morgan fingerprint density at radius 3 is 2.75 bits per heavy atom. The first kappa shape index (κ1) is 12.7. The van der Waals surface area contributed by atoms with Crippen LogP contribution in [0.25, 0.3) is 0 Å². The number of benzene rings is 1. The molecule has 1 aromatic carbocycles. The summed E-state index contributed by atoms with van der Waals surface area (Å²) in [5, 5.41) is 14.0. The number of Topliss-reactive ketones (excluding diaryl/α,β-unsaturated/α-hetero) is 1. The van der Waals surface area contributed by atoms with E-state index in [1.807, 2.05) is 0 Å². The first-order valence-electron chi connectivity index (χ1n) is 6.46. The maximum Gasteiger partial charge on any atom is 0.299 e. The summed E-state index contributed by atoms with van der Waals surface area (Å²) in [6, 6.07) is 4.48. The van der Waals surface area contributed by atoms with Crippen LogP contribution >= 0.6 is 0 Å². The number of amides is 1. The number of hydrogen-bond acceptors (Lipinski definition) is 5. The number of carbonyl (C=O) groups is 2. The van der Waals surface area contributed by atoms with E-state index in [0.717, 1.165) is 12.8 Å². The summed E-state index contributed by atoms with van der Waals surface area (Å²) in [7, 11) is 0. The summed E-state index contributed by atoms with van der Waals surface area (Å²) in [6.07, 6.45) is 2.30. The van der Waals surface area contributed by atoms with Gasteiger partial charge in [0.1, 0.15) is 0 Å². The van der Waals surface area contributed by atoms with E-state index in [0.29, 0.717) is 24.8 Å². The Kier molecular flexibility index (Phi) is 2.98. The van der Waals surface area contributed by atoms with Crippen molar-refractivity contribution in [3.63, 3.8) is 0 Å². The molecule has 2 aliphatic rings. The molecule has 0 radical (unpaired) electrons. The zero-order chi connectivity index (χ0) is 14.3. The van der Waals surface area contributed by atoms with Crippen LogP contribution < -0.4 is 10.2 Å². The fourth-order valence-corrected chi connectivity index (χ4v) is 2.29. The minimum atomic E-state index is -0.671. The van der Waals surface area contributed by atoms with Gasteiger partial charge in [-0.25, -0.2) is 0 Å². The monoisotopic (exact) mass is 275 g/mol. The lowest BCUT2D eigenvalue weighted by molar-refractivity contribution is -0.384. The van der Waals surface area contributed by atoms with Crippen molar-refractivity contribution in [2.24, 2.45) is 0 Å². The second kappa shape index (κ2) is 4.68. The van der Waals surface area contributed by atoms with Gasteiger partial charge in [-0.05, 0) is 18.9 Å². The number of hydrogen-bond donors (Lipinski definition) is 1. The van der Waals surface area contributed by atoms with Gasteiger partial charge in [0.05, 0.1) is 16.2 Å². The molecule has 1 amide bonds. The number of non-ortho nitro benzene ring substituents is 1. The maximum absolute atomic E-state index is 11.9. The fourth-order valence-electron chi connectivity index (χ4n) is 2.29. The zero-order valence-corrected chi connectivity index (χ0v) is 10.7. The van der Waals surface area contributed by atoms with Crippen LogP contribution in [-0.4, -0.2) is 35.7 Å². The molecule has 7 nitrogen and oxygen atoms in total. The smallest absolute Gasteiger partial charge is 0.299 e. The molecule has 0 aromatic heterocycles. The van der Waals surface area contributed by atoms with E-state index < -0.39 is 16.6 Å². The van der Waals surface area contributed by atoms with Gasteiger partial charge < -0.3 is 10.2 Å². The third kappa shape index (κ3) is 2.16. The lowest BCUT2D eigenvalue weighted by atomic mass is 10.1. The van der Waals surface area contributed by atoms with E-state index in [1.165, 1.54) is 23.1 Å². The Labute approximate surface area is 114 Å². The summed E-state index contributed by atoms with van der Waals surface area (Å²) >= 11 is 0. The van der Waals surface area contributed by atoms with Crippen molar-refractivity contribution < 1.29 is 14.5 Å². The topological polar surface area (TPSA) is 92.6 Å². The van der Waals surface area contributed by atoms with E-state index >= 15 is 0 Å². The van der Waals surface area contributed by atoms with Crippen molar-refractivity contribution in [3.8, 4) is 0 Å². The summed E-state index contributed by atoms with van der Waals surface area (Å²) in [5.41, 5.74) is 0.404. The summed E-state index contributed by atoms with van der Waals surface area (Å²) in [5.74, 6) is -1.28. The second-order valence-electron chi connectivity index (χ2n) is 4.97. The molecule has 1 aliphatic carbocycles. The van der Waals surface area contributed by atoms with E-state index in [4.69, 9.17) is 0 Å². The van der Waals surface area contributed by atoms with Gasteiger partial charge in [-0.1, -0.05) is 0 Å². The first-order chi connectivity index (χ1) is 9.58. The Balaban J connectivity index is 1.81. The Hall–Kier alpha value is -2.28. The van der Waals surface area contributed by atoms with Crippen LogP contribution in [0, 0.1) is 10.1 Å². The van der Waals surface area contributed by atoms with Crippen molar-refractivity contribution >= 4 is 23.1 Å². The molecule has 1 aliphatic heterocycles. The molecule has 1 heterocycles. The van der Waals surface area contributed by atoms with E-state index in [2.05, 4.69) is 5.32 Å². The SMILES string of the molecule is O=C1C(=O)N(CCNC2CC2)c2ccc([N+](=O)[O-])cc21. The molecule has 0 spiro atoms. The van der Waals surface area contributed by atoms with Crippen LogP contribution in [0.3, 0.4) is 0 Å². The van der Waals surface area contributed by atoms with E-state index in [9.17, 15) is 19.7 Å². The van der Waals surface area contributed by atoms with Gasteiger partial charge in [0.2, 0.25) is 0 Å². The summed E-state index contributed by atoms with van der Waals surface area (Å²) in [6.45, 7) is 1.01. The Morgan fingerprint density at radius 1 is 1.35 bits per heavy atom. The number of ketones is 1. The molecule has 20 heavy (non-hydrogen) atoms. The average molecular weight is 275 g/mol. The molecule has 0 bridgehead atoms. The zero-order valence-electron chi connectivity index (χ0n) is 10.7. The molecule has 0 saturated heterocycles. The molecule has 7 heteroatoms. The minimum absolute atomic E-state index is 0.121. The predicted octanol–water partition coefficient (Wildman–Crippen LogP) is 0.876. The molecular formula is C13H13N3O4. The number of anilines is 1. The van der Waals surface area contributed by atoms with Crippen molar-refractivity contribution in [2.45, 2.75) is 18.9 Å². The summed E-state index contributed by atoms with van der Waals surface area (Å²) in [4.78, 5) is 35.3. The Bertz CT molecular complexity index is 610. The van der Waals surface area contributed by atoms with Crippen LogP contribution in [0.5, 0.6) is 0 Å². The molecule has 1 fully saturated rings. The van der Waals surface area contributed by atoms with Gasteiger partial charge in [-0.3, -0.25) is 19.7 Å². The molecule has 1 aromatic rings. The van der Waals surface area contributed by atoms with E-state index in [1.54, 1.807) is 0 Å². The number of nitrogens with zero attached hydrogens (tertiary/aromatic N) is 2. The van der Waals surface area contributed by atoms with Crippen molar-refractivity contribution in [1.82, 2.24) is 5.32 Å². The second-order valence-corrected chi connectivity index (χ2v) is 4.97. The minimum Gasteiger partial charge on any atom is -0.312 e. The van der Waals surface area contributed by atoms with Crippen molar-refractivity contribution in [3.05, 3.63) is 33.9 Å². The third-order valence-corrected chi connectivity index (χ3v) is 3.51. The first-order valence-corrected chi connectivity index (χ1v) is 6.46. The van der Waals surface area contributed by atoms with Crippen LogP contribution in [0.1, 0.15) is 23.2 Å². The van der Waals surface area contributed by atoms with Crippen LogP contribution in [0.15, 0.2) is 18.2 Å². The molecular weight excluding hydrogens is 262 g/mol. The van der Waals surface area contributed by atoms with Gasteiger partial charge in [-0.2, -0.15) is 0 Å². The molecule has 1 N–H and O–H groups in total. The number of nitro groups is 1. The van der Waals surface area contributed by atoms with Crippen molar-refractivity contribution in [1.29, 1.82) is 0 Å². The fraction of sp³-hybridized carbons (Fsp3) is 0.385. The van der Waals surface area contributed by atoms with Crippen molar-refractivity contribution in [2.75, 3.05) is 18.0 Å². The quantitative estimate of drug-likeness (QED) is 0.489. The van der Waals surface area contributed by atoms with Gasteiger partial charge in [0.25, 0.3) is 17.4 Å². The number of carbonyl (C=O) groups excluding carboxylic acids is 2.